The van der Waals surface area contributed by atoms with Gasteiger partial charge in [0.2, 0.25) is 5.91 Å². The number of primary amides is 1. The van der Waals surface area contributed by atoms with Crippen LogP contribution in [0.1, 0.15) is 33.6 Å². The molecule has 0 saturated heterocycles. The standard InChI is InChI=1S/C6H13NO2.C2H6/c1-2-4-9-5-3-6(7)8;1-2/h2-5H2,1H3,(H2,7,8);1-2H3. The van der Waals surface area contributed by atoms with Crippen molar-refractivity contribution >= 4 is 5.91 Å². The minimum Gasteiger partial charge on any atom is -0.381 e. The Kier molecular flexibility index (Phi) is 14.4. The molecule has 0 aliphatic heterocycles. The lowest BCUT2D eigenvalue weighted by Gasteiger charge is -1.97. The van der Waals surface area contributed by atoms with E-state index in [0.717, 1.165) is 6.42 Å². The summed E-state index contributed by atoms with van der Waals surface area (Å²) in [6.07, 6.45) is 1.32. The molecule has 0 spiro atoms. The lowest BCUT2D eigenvalue weighted by Crippen LogP contribution is -2.13. The highest BCUT2D eigenvalue weighted by molar-refractivity contribution is 5.73. The van der Waals surface area contributed by atoms with Crippen LogP contribution in [-0.2, 0) is 9.53 Å². The van der Waals surface area contributed by atoms with Gasteiger partial charge in [0.25, 0.3) is 0 Å². The van der Waals surface area contributed by atoms with E-state index < -0.39 is 0 Å². The average molecular weight is 161 g/mol. The quantitative estimate of drug-likeness (QED) is 0.618. The Morgan fingerprint density at radius 3 is 2.27 bits per heavy atom. The van der Waals surface area contributed by atoms with E-state index in [2.05, 4.69) is 0 Å². The van der Waals surface area contributed by atoms with Gasteiger partial charge in [-0.3, -0.25) is 4.79 Å². The fraction of sp³-hybridized carbons (Fsp3) is 0.875. The smallest absolute Gasteiger partial charge is 0.219 e. The normalized spacial score (nSPS) is 8.27. The largest absolute Gasteiger partial charge is 0.381 e. The molecule has 0 rings (SSSR count). The number of ether oxygens (including phenoxy) is 1. The van der Waals surface area contributed by atoms with Gasteiger partial charge in [0, 0.05) is 13.0 Å². The Hall–Kier alpha value is -0.570. The van der Waals surface area contributed by atoms with Crippen LogP contribution in [0.25, 0.3) is 0 Å². The highest BCUT2D eigenvalue weighted by atomic mass is 16.5. The minimum atomic E-state index is -0.300. The summed E-state index contributed by atoms with van der Waals surface area (Å²) < 4.78 is 4.99. The van der Waals surface area contributed by atoms with Crippen LogP contribution in [-0.4, -0.2) is 19.1 Å². The molecular formula is C8H19NO2. The van der Waals surface area contributed by atoms with E-state index in [1.54, 1.807) is 0 Å². The predicted molar refractivity (Wildman–Crippen MR) is 46.3 cm³/mol. The summed E-state index contributed by atoms with van der Waals surface area (Å²) in [5.74, 6) is -0.300. The van der Waals surface area contributed by atoms with Gasteiger partial charge >= 0.3 is 0 Å². The molecule has 0 aliphatic rings. The minimum absolute atomic E-state index is 0.300. The van der Waals surface area contributed by atoms with Crippen molar-refractivity contribution in [2.24, 2.45) is 5.73 Å². The summed E-state index contributed by atoms with van der Waals surface area (Å²) >= 11 is 0. The number of rotatable bonds is 5. The average Bonchev–Trinajstić information content (AvgIpc) is 2.02. The first-order chi connectivity index (χ1) is 5.27. The molecule has 1 amide bonds. The van der Waals surface area contributed by atoms with E-state index in [1.807, 2.05) is 20.8 Å². The molecule has 0 atom stereocenters. The van der Waals surface area contributed by atoms with E-state index >= 15 is 0 Å². The summed E-state index contributed by atoms with van der Waals surface area (Å²) in [5.41, 5.74) is 4.86. The second kappa shape index (κ2) is 12.1. The second-order valence-electron chi connectivity index (χ2n) is 1.83. The van der Waals surface area contributed by atoms with E-state index in [0.29, 0.717) is 19.6 Å². The van der Waals surface area contributed by atoms with Crippen molar-refractivity contribution in [3.63, 3.8) is 0 Å². The molecule has 0 fully saturated rings. The van der Waals surface area contributed by atoms with E-state index in [1.165, 1.54) is 0 Å². The summed E-state index contributed by atoms with van der Waals surface area (Å²) in [6, 6.07) is 0. The van der Waals surface area contributed by atoms with Crippen LogP contribution in [0, 0.1) is 0 Å². The highest BCUT2D eigenvalue weighted by Crippen LogP contribution is 1.82. The van der Waals surface area contributed by atoms with Crippen molar-refractivity contribution in [3.05, 3.63) is 0 Å². The maximum atomic E-state index is 10.1. The molecule has 2 N–H and O–H groups in total. The summed E-state index contributed by atoms with van der Waals surface area (Å²) in [7, 11) is 0. The Morgan fingerprint density at radius 1 is 1.36 bits per heavy atom. The predicted octanol–water partition coefficient (Wildman–Crippen LogP) is 1.31. The zero-order valence-electron chi connectivity index (χ0n) is 7.72. The molecule has 0 radical (unpaired) electrons. The van der Waals surface area contributed by atoms with Gasteiger partial charge in [-0.05, 0) is 6.42 Å². The van der Waals surface area contributed by atoms with Gasteiger partial charge in [0.05, 0.1) is 6.61 Å². The number of nitrogens with two attached hydrogens (primary N) is 1. The number of hydrogen-bond donors (Lipinski definition) is 1. The van der Waals surface area contributed by atoms with Crippen molar-refractivity contribution in [3.8, 4) is 0 Å². The Balaban J connectivity index is 0. The molecule has 0 aromatic rings. The first kappa shape index (κ1) is 13.1. The zero-order chi connectivity index (χ0) is 9.11. The Bertz CT molecular complexity index is 84.2. The fourth-order valence-corrected chi connectivity index (χ4v) is 0.419. The van der Waals surface area contributed by atoms with Crippen LogP contribution in [0.4, 0.5) is 0 Å². The number of carbonyl (C=O) groups is 1. The number of hydrogen-bond acceptors (Lipinski definition) is 2. The van der Waals surface area contributed by atoms with Gasteiger partial charge in [-0.25, -0.2) is 0 Å². The molecule has 0 unspecified atom stereocenters. The first-order valence-corrected chi connectivity index (χ1v) is 4.13. The Morgan fingerprint density at radius 2 is 1.91 bits per heavy atom. The maximum absolute atomic E-state index is 10.1. The van der Waals surface area contributed by atoms with Crippen molar-refractivity contribution in [2.75, 3.05) is 13.2 Å². The zero-order valence-corrected chi connectivity index (χ0v) is 7.72. The lowest BCUT2D eigenvalue weighted by atomic mass is 10.4. The maximum Gasteiger partial charge on any atom is 0.219 e. The van der Waals surface area contributed by atoms with Crippen molar-refractivity contribution in [1.29, 1.82) is 0 Å². The molecule has 3 nitrogen and oxygen atoms in total. The van der Waals surface area contributed by atoms with Crippen LogP contribution in [0.2, 0.25) is 0 Å². The van der Waals surface area contributed by atoms with Crippen molar-refractivity contribution in [1.82, 2.24) is 0 Å². The third-order valence-corrected chi connectivity index (χ3v) is 0.841. The molecule has 11 heavy (non-hydrogen) atoms. The topological polar surface area (TPSA) is 52.3 Å². The molecular weight excluding hydrogens is 142 g/mol. The number of carbonyl (C=O) groups excluding carboxylic acids is 1. The molecule has 0 aromatic heterocycles. The van der Waals surface area contributed by atoms with Gasteiger partial charge < -0.3 is 10.5 Å². The fourth-order valence-electron chi connectivity index (χ4n) is 0.419. The van der Waals surface area contributed by atoms with Gasteiger partial charge in [0.15, 0.2) is 0 Å². The lowest BCUT2D eigenvalue weighted by molar-refractivity contribution is -0.119. The summed E-state index contributed by atoms with van der Waals surface area (Å²) in [5, 5.41) is 0. The molecule has 0 aromatic carbocycles. The third kappa shape index (κ3) is 17.7. The molecule has 0 bridgehead atoms. The van der Waals surface area contributed by atoms with Crippen LogP contribution in [0.5, 0.6) is 0 Å². The first-order valence-electron chi connectivity index (χ1n) is 4.13. The highest BCUT2D eigenvalue weighted by Gasteiger charge is 1.91. The van der Waals surface area contributed by atoms with Gasteiger partial charge in [-0.1, -0.05) is 20.8 Å². The van der Waals surface area contributed by atoms with E-state index in [-0.39, 0.29) is 5.91 Å². The molecule has 68 valence electrons. The summed E-state index contributed by atoms with van der Waals surface area (Å²) in [6.45, 7) is 7.20. The monoisotopic (exact) mass is 161 g/mol. The van der Waals surface area contributed by atoms with Gasteiger partial charge in [-0.15, -0.1) is 0 Å². The van der Waals surface area contributed by atoms with Crippen molar-refractivity contribution < 1.29 is 9.53 Å². The van der Waals surface area contributed by atoms with Crippen LogP contribution >= 0.6 is 0 Å². The molecule has 0 saturated carbocycles. The Labute approximate surface area is 68.9 Å². The van der Waals surface area contributed by atoms with E-state index in [4.69, 9.17) is 10.5 Å². The van der Waals surface area contributed by atoms with E-state index in [9.17, 15) is 4.79 Å². The van der Waals surface area contributed by atoms with Crippen LogP contribution in [0.3, 0.4) is 0 Å². The van der Waals surface area contributed by atoms with Crippen LogP contribution in [0.15, 0.2) is 0 Å². The third-order valence-electron chi connectivity index (χ3n) is 0.841. The van der Waals surface area contributed by atoms with Crippen LogP contribution < -0.4 is 5.73 Å². The van der Waals surface area contributed by atoms with Crippen molar-refractivity contribution in [2.45, 2.75) is 33.6 Å². The molecule has 3 heteroatoms. The number of amides is 1. The van der Waals surface area contributed by atoms with Gasteiger partial charge in [-0.2, -0.15) is 0 Å². The summed E-state index contributed by atoms with van der Waals surface area (Å²) in [4.78, 5) is 10.1. The molecule has 0 aliphatic carbocycles. The SMILES string of the molecule is CC.CCCOCCC(N)=O. The van der Waals surface area contributed by atoms with Gasteiger partial charge in [0.1, 0.15) is 0 Å². The second-order valence-corrected chi connectivity index (χ2v) is 1.83. The molecule has 0 heterocycles.